The van der Waals surface area contributed by atoms with Gasteiger partial charge in [0, 0.05) is 17.4 Å². The third-order valence-corrected chi connectivity index (χ3v) is 2.66. The third kappa shape index (κ3) is 3.97. The molecule has 2 amide bonds. The normalized spacial score (nSPS) is 9.76. The van der Waals surface area contributed by atoms with Gasteiger partial charge in [-0.3, -0.25) is 9.59 Å². The van der Waals surface area contributed by atoms with Gasteiger partial charge < -0.3 is 20.5 Å². The summed E-state index contributed by atoms with van der Waals surface area (Å²) >= 11 is 0. The maximum atomic E-state index is 11.8. The summed E-state index contributed by atoms with van der Waals surface area (Å²) in [6.07, 6.45) is 0. The molecular weight excluding hydrogens is 272 g/mol. The first-order chi connectivity index (χ1) is 10.1. The van der Waals surface area contributed by atoms with Crippen molar-refractivity contribution in [3.63, 3.8) is 0 Å². The van der Waals surface area contributed by atoms with Gasteiger partial charge in [-0.05, 0) is 36.4 Å². The minimum atomic E-state index is -0.802. The van der Waals surface area contributed by atoms with Crippen molar-refractivity contribution in [3.8, 4) is 11.5 Å². The average Bonchev–Trinajstić information content (AvgIpc) is 2.49. The quantitative estimate of drug-likeness (QED) is 0.594. The molecule has 0 bridgehead atoms. The highest BCUT2D eigenvalue weighted by Gasteiger charge is 2.14. The molecule has 2 aromatic carbocycles. The molecule has 0 atom stereocenters. The Morgan fingerprint density at radius 3 is 2.19 bits per heavy atom. The van der Waals surface area contributed by atoms with Crippen LogP contribution in [0.15, 0.2) is 48.5 Å². The van der Waals surface area contributed by atoms with Crippen molar-refractivity contribution in [2.75, 3.05) is 17.7 Å². The van der Waals surface area contributed by atoms with Gasteiger partial charge in [-0.25, -0.2) is 0 Å². The molecule has 0 aromatic heterocycles. The summed E-state index contributed by atoms with van der Waals surface area (Å²) in [5.41, 5.74) is 0.874. The topological polar surface area (TPSA) is 87.7 Å². The second kappa shape index (κ2) is 6.42. The van der Waals surface area contributed by atoms with Crippen LogP contribution >= 0.6 is 0 Å². The Kier molecular flexibility index (Phi) is 4.40. The summed E-state index contributed by atoms with van der Waals surface area (Å²) in [5, 5.41) is 14.0. The molecule has 6 heteroatoms. The van der Waals surface area contributed by atoms with Crippen LogP contribution in [0, 0.1) is 0 Å². The van der Waals surface area contributed by atoms with Crippen molar-refractivity contribution < 1.29 is 19.4 Å². The minimum absolute atomic E-state index is 0.0776. The van der Waals surface area contributed by atoms with Crippen LogP contribution in [0.25, 0.3) is 0 Å². The number of methoxy groups -OCH3 is 1. The molecule has 3 N–H and O–H groups in total. The molecule has 0 fully saturated rings. The highest BCUT2D eigenvalue weighted by Crippen LogP contribution is 2.17. The van der Waals surface area contributed by atoms with Gasteiger partial charge in [-0.1, -0.05) is 6.07 Å². The number of anilines is 2. The number of amides is 2. The predicted molar refractivity (Wildman–Crippen MR) is 78.4 cm³/mol. The molecule has 0 aliphatic carbocycles. The van der Waals surface area contributed by atoms with E-state index in [2.05, 4.69) is 10.6 Å². The lowest BCUT2D eigenvalue weighted by Gasteiger charge is -2.07. The number of carbonyl (C=O) groups excluding carboxylic acids is 2. The van der Waals surface area contributed by atoms with E-state index in [4.69, 9.17) is 9.84 Å². The minimum Gasteiger partial charge on any atom is -0.508 e. The van der Waals surface area contributed by atoms with E-state index in [0.717, 1.165) is 0 Å². The molecule has 0 aliphatic heterocycles. The van der Waals surface area contributed by atoms with Crippen LogP contribution in [0.1, 0.15) is 0 Å². The number of phenolic OH excluding ortho intramolecular Hbond substituents is 1. The summed E-state index contributed by atoms with van der Waals surface area (Å²) in [4.78, 5) is 23.5. The summed E-state index contributed by atoms with van der Waals surface area (Å²) in [6, 6.07) is 12.5. The lowest BCUT2D eigenvalue weighted by Crippen LogP contribution is -2.29. The predicted octanol–water partition coefficient (Wildman–Crippen LogP) is 1.98. The van der Waals surface area contributed by atoms with E-state index in [-0.39, 0.29) is 5.75 Å². The molecule has 0 saturated carbocycles. The highest BCUT2D eigenvalue weighted by atomic mass is 16.5. The summed E-state index contributed by atoms with van der Waals surface area (Å²) in [6.45, 7) is 0. The van der Waals surface area contributed by atoms with Gasteiger partial charge in [0.25, 0.3) is 0 Å². The van der Waals surface area contributed by atoms with E-state index in [0.29, 0.717) is 17.1 Å². The lowest BCUT2D eigenvalue weighted by atomic mass is 10.3. The number of hydrogen-bond donors (Lipinski definition) is 3. The van der Waals surface area contributed by atoms with E-state index in [1.165, 1.54) is 31.4 Å². The Morgan fingerprint density at radius 1 is 0.952 bits per heavy atom. The van der Waals surface area contributed by atoms with Gasteiger partial charge in [0.1, 0.15) is 11.5 Å². The molecular formula is C15H14N2O4. The van der Waals surface area contributed by atoms with E-state index >= 15 is 0 Å². The first-order valence-electron chi connectivity index (χ1n) is 6.14. The van der Waals surface area contributed by atoms with Crippen LogP contribution in [0.4, 0.5) is 11.4 Å². The van der Waals surface area contributed by atoms with E-state index in [1.807, 2.05) is 0 Å². The first-order valence-corrected chi connectivity index (χ1v) is 6.14. The Hall–Kier alpha value is -3.02. The molecule has 2 aromatic rings. The van der Waals surface area contributed by atoms with Gasteiger partial charge in [0.15, 0.2) is 0 Å². The number of nitrogens with one attached hydrogen (secondary N) is 2. The fourth-order valence-electron chi connectivity index (χ4n) is 1.62. The third-order valence-electron chi connectivity index (χ3n) is 2.66. The zero-order chi connectivity index (χ0) is 15.2. The smallest absolute Gasteiger partial charge is 0.314 e. The van der Waals surface area contributed by atoms with Gasteiger partial charge in [0.05, 0.1) is 7.11 Å². The maximum absolute atomic E-state index is 11.8. The molecule has 21 heavy (non-hydrogen) atoms. The molecule has 6 nitrogen and oxygen atoms in total. The number of phenols is 1. The van der Waals surface area contributed by atoms with Crippen LogP contribution in [0.5, 0.6) is 11.5 Å². The van der Waals surface area contributed by atoms with Crippen molar-refractivity contribution in [2.24, 2.45) is 0 Å². The second-order valence-electron chi connectivity index (χ2n) is 4.19. The largest absolute Gasteiger partial charge is 0.508 e. The van der Waals surface area contributed by atoms with Gasteiger partial charge >= 0.3 is 11.8 Å². The molecule has 0 unspecified atom stereocenters. The number of aromatic hydroxyl groups is 1. The summed E-state index contributed by atoms with van der Waals surface area (Å²) in [5.74, 6) is -0.944. The van der Waals surface area contributed by atoms with Crippen molar-refractivity contribution in [3.05, 3.63) is 48.5 Å². The Balaban J connectivity index is 1.99. The van der Waals surface area contributed by atoms with E-state index in [9.17, 15) is 9.59 Å². The number of carbonyl (C=O) groups is 2. The molecule has 108 valence electrons. The molecule has 2 rings (SSSR count). The highest BCUT2D eigenvalue weighted by molar-refractivity contribution is 6.43. The number of rotatable bonds is 3. The van der Waals surface area contributed by atoms with Gasteiger partial charge in [-0.2, -0.15) is 0 Å². The molecule has 0 saturated heterocycles. The van der Waals surface area contributed by atoms with Crippen LogP contribution in [0.3, 0.4) is 0 Å². The Labute approximate surface area is 121 Å². The van der Waals surface area contributed by atoms with Crippen molar-refractivity contribution in [1.82, 2.24) is 0 Å². The molecule has 0 aliphatic rings. The first kappa shape index (κ1) is 14.4. The second-order valence-corrected chi connectivity index (χ2v) is 4.19. The fraction of sp³-hybridized carbons (Fsp3) is 0.0667. The van der Waals surface area contributed by atoms with Crippen molar-refractivity contribution in [1.29, 1.82) is 0 Å². The lowest BCUT2D eigenvalue weighted by molar-refractivity contribution is -0.132. The van der Waals surface area contributed by atoms with Crippen molar-refractivity contribution >= 4 is 23.2 Å². The number of ether oxygens (including phenoxy) is 1. The summed E-state index contributed by atoms with van der Waals surface area (Å²) < 4.78 is 5.03. The SMILES string of the molecule is COc1cccc(NC(=O)C(=O)Nc2ccc(O)cc2)c1. The van der Waals surface area contributed by atoms with Crippen molar-refractivity contribution in [2.45, 2.75) is 0 Å². The zero-order valence-electron chi connectivity index (χ0n) is 11.3. The summed E-state index contributed by atoms with van der Waals surface area (Å²) in [7, 11) is 1.51. The van der Waals surface area contributed by atoms with Crippen LogP contribution in [0.2, 0.25) is 0 Å². The van der Waals surface area contributed by atoms with Gasteiger partial charge in [0.2, 0.25) is 0 Å². The van der Waals surface area contributed by atoms with Crippen LogP contribution in [-0.2, 0) is 9.59 Å². The van der Waals surface area contributed by atoms with E-state index in [1.54, 1.807) is 24.3 Å². The Morgan fingerprint density at radius 2 is 1.57 bits per heavy atom. The standard InChI is InChI=1S/C15H14N2O4/c1-21-13-4-2-3-11(9-13)17-15(20)14(19)16-10-5-7-12(18)8-6-10/h2-9,18H,1H3,(H,16,19)(H,17,20). The molecule has 0 heterocycles. The van der Waals surface area contributed by atoms with Gasteiger partial charge in [-0.15, -0.1) is 0 Å². The monoisotopic (exact) mass is 286 g/mol. The molecule has 0 radical (unpaired) electrons. The average molecular weight is 286 g/mol. The number of hydrogen-bond acceptors (Lipinski definition) is 4. The van der Waals surface area contributed by atoms with Crippen LogP contribution in [-0.4, -0.2) is 24.0 Å². The molecule has 0 spiro atoms. The zero-order valence-corrected chi connectivity index (χ0v) is 11.3. The maximum Gasteiger partial charge on any atom is 0.314 e. The fourth-order valence-corrected chi connectivity index (χ4v) is 1.62. The number of benzene rings is 2. The Bertz CT molecular complexity index is 653. The van der Waals surface area contributed by atoms with E-state index < -0.39 is 11.8 Å². The van der Waals surface area contributed by atoms with Crippen LogP contribution < -0.4 is 15.4 Å².